The molecule has 0 saturated heterocycles. The quantitative estimate of drug-likeness (QED) is 0.730. The van der Waals surface area contributed by atoms with Crippen LogP contribution in [0.2, 0.25) is 0 Å². The second kappa shape index (κ2) is 4.75. The minimum atomic E-state index is 0.479. The molecule has 0 aliphatic carbocycles. The monoisotopic (exact) mass is 192 g/mol. The molecule has 0 radical (unpaired) electrons. The fourth-order valence-corrected chi connectivity index (χ4v) is 1.40. The number of rotatable bonds is 4. The lowest BCUT2D eigenvalue weighted by Crippen LogP contribution is -2.10. The summed E-state index contributed by atoms with van der Waals surface area (Å²) < 4.78 is 1.85. The predicted octanol–water partition coefficient (Wildman–Crippen LogP) is 1.76. The molecule has 0 aromatic carbocycles. The van der Waals surface area contributed by atoms with Gasteiger partial charge in [0.25, 0.3) is 0 Å². The Bertz CT molecular complexity index is 332. The normalized spacial score (nSPS) is 10.5. The van der Waals surface area contributed by atoms with E-state index in [1.807, 2.05) is 4.68 Å². The standard InChI is InChI=1S/C10H16N4/c1-4-5-10-9(6-11)12-13-14(10)7-8(2)3/h8H,4-5,7H2,1-3H3. The van der Waals surface area contributed by atoms with Crippen LogP contribution in [0.3, 0.4) is 0 Å². The van der Waals surface area contributed by atoms with Gasteiger partial charge in [-0.3, -0.25) is 0 Å². The van der Waals surface area contributed by atoms with E-state index in [-0.39, 0.29) is 0 Å². The highest BCUT2D eigenvalue weighted by Crippen LogP contribution is 2.09. The lowest BCUT2D eigenvalue weighted by atomic mass is 10.2. The van der Waals surface area contributed by atoms with E-state index in [2.05, 4.69) is 37.2 Å². The van der Waals surface area contributed by atoms with Crippen molar-refractivity contribution in [2.75, 3.05) is 0 Å². The van der Waals surface area contributed by atoms with Gasteiger partial charge in [-0.2, -0.15) is 5.26 Å². The van der Waals surface area contributed by atoms with Gasteiger partial charge in [-0.25, -0.2) is 4.68 Å². The molecule has 1 aromatic heterocycles. The second-order valence-electron chi connectivity index (χ2n) is 3.82. The van der Waals surface area contributed by atoms with Crippen LogP contribution in [0.1, 0.15) is 38.6 Å². The minimum absolute atomic E-state index is 0.479. The van der Waals surface area contributed by atoms with Gasteiger partial charge in [0, 0.05) is 6.54 Å². The van der Waals surface area contributed by atoms with Gasteiger partial charge in [0.15, 0.2) is 5.69 Å². The van der Waals surface area contributed by atoms with Gasteiger partial charge in [0.2, 0.25) is 0 Å². The molecule has 0 saturated carbocycles. The number of hydrogen-bond donors (Lipinski definition) is 0. The SMILES string of the molecule is CCCc1c(C#N)nnn1CC(C)C. The molecular formula is C10H16N4. The van der Waals surface area contributed by atoms with Crippen molar-refractivity contribution in [3.63, 3.8) is 0 Å². The van der Waals surface area contributed by atoms with Gasteiger partial charge >= 0.3 is 0 Å². The van der Waals surface area contributed by atoms with Crippen molar-refractivity contribution in [2.24, 2.45) is 5.92 Å². The van der Waals surface area contributed by atoms with Gasteiger partial charge in [-0.1, -0.05) is 32.4 Å². The summed E-state index contributed by atoms with van der Waals surface area (Å²) in [6.45, 7) is 7.19. The van der Waals surface area contributed by atoms with Crippen LogP contribution >= 0.6 is 0 Å². The van der Waals surface area contributed by atoms with Crippen molar-refractivity contribution in [1.82, 2.24) is 15.0 Å². The third-order valence-corrected chi connectivity index (χ3v) is 1.97. The Hall–Kier alpha value is -1.37. The Morgan fingerprint density at radius 3 is 2.71 bits per heavy atom. The smallest absolute Gasteiger partial charge is 0.185 e. The lowest BCUT2D eigenvalue weighted by molar-refractivity contribution is 0.457. The van der Waals surface area contributed by atoms with Gasteiger partial charge in [0.05, 0.1) is 5.69 Å². The summed E-state index contributed by atoms with van der Waals surface area (Å²) in [5.41, 5.74) is 1.45. The summed E-state index contributed by atoms with van der Waals surface area (Å²) in [5.74, 6) is 0.527. The average Bonchev–Trinajstić information content (AvgIpc) is 2.48. The van der Waals surface area contributed by atoms with E-state index < -0.39 is 0 Å². The molecule has 0 atom stereocenters. The van der Waals surface area contributed by atoms with Crippen LogP contribution in [-0.4, -0.2) is 15.0 Å². The zero-order valence-corrected chi connectivity index (χ0v) is 8.99. The van der Waals surface area contributed by atoms with Crippen LogP contribution in [0.5, 0.6) is 0 Å². The zero-order valence-electron chi connectivity index (χ0n) is 8.99. The third kappa shape index (κ3) is 2.32. The second-order valence-corrected chi connectivity index (χ2v) is 3.82. The molecular weight excluding hydrogens is 176 g/mol. The van der Waals surface area contributed by atoms with Gasteiger partial charge < -0.3 is 0 Å². The maximum absolute atomic E-state index is 8.83. The van der Waals surface area contributed by atoms with Crippen molar-refractivity contribution in [2.45, 2.75) is 40.2 Å². The molecule has 0 bridgehead atoms. The molecule has 0 aliphatic rings. The van der Waals surface area contributed by atoms with E-state index in [0.29, 0.717) is 11.6 Å². The first-order chi connectivity index (χ1) is 6.69. The molecule has 0 N–H and O–H groups in total. The maximum Gasteiger partial charge on any atom is 0.185 e. The topological polar surface area (TPSA) is 54.5 Å². The fourth-order valence-electron chi connectivity index (χ4n) is 1.40. The summed E-state index contributed by atoms with van der Waals surface area (Å²) in [7, 11) is 0. The predicted molar refractivity (Wildman–Crippen MR) is 53.6 cm³/mol. The van der Waals surface area contributed by atoms with Crippen LogP contribution in [0.25, 0.3) is 0 Å². The van der Waals surface area contributed by atoms with E-state index >= 15 is 0 Å². The van der Waals surface area contributed by atoms with Gasteiger partial charge in [-0.15, -0.1) is 5.10 Å². The Kier molecular flexibility index (Phi) is 3.63. The Morgan fingerprint density at radius 1 is 1.50 bits per heavy atom. The molecule has 4 nitrogen and oxygen atoms in total. The molecule has 76 valence electrons. The van der Waals surface area contributed by atoms with Crippen molar-refractivity contribution in [3.8, 4) is 6.07 Å². The molecule has 1 rings (SSSR count). The molecule has 0 fully saturated rings. The molecule has 1 aromatic rings. The number of hydrogen-bond acceptors (Lipinski definition) is 3. The molecule has 1 heterocycles. The minimum Gasteiger partial charge on any atom is -0.248 e. The highest BCUT2D eigenvalue weighted by Gasteiger charge is 2.11. The molecule has 0 amide bonds. The average molecular weight is 192 g/mol. The molecule has 4 heteroatoms. The Balaban J connectivity index is 2.93. The van der Waals surface area contributed by atoms with Crippen molar-refractivity contribution >= 4 is 0 Å². The van der Waals surface area contributed by atoms with Crippen molar-refractivity contribution in [1.29, 1.82) is 5.26 Å². The highest BCUT2D eigenvalue weighted by atomic mass is 15.4. The zero-order chi connectivity index (χ0) is 10.6. The van der Waals surface area contributed by atoms with Crippen LogP contribution in [0, 0.1) is 17.2 Å². The lowest BCUT2D eigenvalue weighted by Gasteiger charge is -2.07. The van der Waals surface area contributed by atoms with E-state index in [1.165, 1.54) is 0 Å². The Morgan fingerprint density at radius 2 is 2.21 bits per heavy atom. The van der Waals surface area contributed by atoms with E-state index in [9.17, 15) is 0 Å². The molecule has 14 heavy (non-hydrogen) atoms. The number of nitriles is 1. The van der Waals surface area contributed by atoms with Crippen LogP contribution in [0.15, 0.2) is 0 Å². The number of aromatic nitrogens is 3. The van der Waals surface area contributed by atoms with E-state index in [0.717, 1.165) is 25.1 Å². The molecule has 0 spiro atoms. The fraction of sp³-hybridized carbons (Fsp3) is 0.700. The molecule has 0 unspecified atom stereocenters. The summed E-state index contributed by atoms with van der Waals surface area (Å²) in [6, 6.07) is 2.08. The largest absolute Gasteiger partial charge is 0.248 e. The van der Waals surface area contributed by atoms with E-state index in [4.69, 9.17) is 5.26 Å². The summed E-state index contributed by atoms with van der Waals surface area (Å²) in [5, 5.41) is 16.7. The third-order valence-electron chi connectivity index (χ3n) is 1.97. The first-order valence-corrected chi connectivity index (χ1v) is 5.01. The first-order valence-electron chi connectivity index (χ1n) is 5.01. The van der Waals surface area contributed by atoms with E-state index in [1.54, 1.807) is 0 Å². The maximum atomic E-state index is 8.83. The summed E-state index contributed by atoms with van der Waals surface area (Å²) in [6.07, 6.45) is 1.89. The summed E-state index contributed by atoms with van der Waals surface area (Å²) in [4.78, 5) is 0. The Labute approximate surface area is 84.5 Å². The van der Waals surface area contributed by atoms with Crippen LogP contribution < -0.4 is 0 Å². The van der Waals surface area contributed by atoms with Gasteiger partial charge in [0.1, 0.15) is 6.07 Å². The summed E-state index contributed by atoms with van der Waals surface area (Å²) >= 11 is 0. The highest BCUT2D eigenvalue weighted by molar-refractivity contribution is 5.24. The first kappa shape index (κ1) is 10.7. The van der Waals surface area contributed by atoms with Crippen molar-refractivity contribution < 1.29 is 0 Å². The number of nitrogens with zero attached hydrogens (tertiary/aromatic N) is 4. The van der Waals surface area contributed by atoms with Crippen LogP contribution in [-0.2, 0) is 13.0 Å². The van der Waals surface area contributed by atoms with Crippen LogP contribution in [0.4, 0.5) is 0 Å². The molecule has 0 aliphatic heterocycles. The van der Waals surface area contributed by atoms with Crippen molar-refractivity contribution in [3.05, 3.63) is 11.4 Å². The van der Waals surface area contributed by atoms with Gasteiger partial charge in [-0.05, 0) is 12.3 Å².